The van der Waals surface area contributed by atoms with Crippen molar-refractivity contribution in [2.75, 3.05) is 12.3 Å². The van der Waals surface area contributed by atoms with Crippen LogP contribution in [-0.4, -0.2) is 30.7 Å². The average molecular weight is 553 g/mol. The van der Waals surface area contributed by atoms with Crippen LogP contribution in [0.15, 0.2) is 108 Å². The minimum Gasteiger partial charge on any atom is -0.449 e. The van der Waals surface area contributed by atoms with Crippen LogP contribution in [0, 0.1) is 6.92 Å². The van der Waals surface area contributed by atoms with Crippen molar-refractivity contribution in [2.24, 2.45) is 0 Å². The van der Waals surface area contributed by atoms with Crippen LogP contribution in [-0.2, 0) is 14.8 Å². The summed E-state index contributed by atoms with van der Waals surface area (Å²) < 4.78 is 34.7. The number of benzene rings is 4. The number of aryl methyl sites for hydroxylation is 1. The molecule has 8 nitrogen and oxygen atoms in total. The first kappa shape index (κ1) is 26.7. The van der Waals surface area contributed by atoms with Gasteiger partial charge in [-0.1, -0.05) is 90.5 Å². The predicted molar refractivity (Wildman–Crippen MR) is 156 cm³/mol. The molecule has 202 valence electrons. The summed E-state index contributed by atoms with van der Waals surface area (Å²) in [4.78, 5) is 16.6. The third kappa shape index (κ3) is 5.32. The van der Waals surface area contributed by atoms with Crippen molar-refractivity contribution >= 4 is 22.1 Å². The summed E-state index contributed by atoms with van der Waals surface area (Å²) in [6.07, 6.45) is -1.03. The van der Waals surface area contributed by atoms with Gasteiger partial charge in [-0.05, 0) is 37.6 Å². The van der Waals surface area contributed by atoms with E-state index in [0.29, 0.717) is 17.1 Å². The predicted octanol–water partition coefficient (Wildman–Crippen LogP) is 6.20. The summed E-state index contributed by atoms with van der Waals surface area (Å²) in [6.45, 7) is 3.53. The number of ether oxygens (including phenoxy) is 1. The molecule has 0 bridgehead atoms. The maximum atomic E-state index is 13.1. The Bertz CT molecular complexity index is 1770. The first-order valence-corrected chi connectivity index (χ1v) is 14.2. The number of nitrogens with one attached hydrogen (secondary N) is 1. The van der Waals surface area contributed by atoms with Crippen molar-refractivity contribution in [3.05, 3.63) is 109 Å². The van der Waals surface area contributed by atoms with Gasteiger partial charge in [0.15, 0.2) is 0 Å². The maximum Gasteiger partial charge on any atom is 0.421 e. The average Bonchev–Trinajstić information content (AvgIpc) is 3.30. The third-order valence-corrected chi connectivity index (χ3v) is 7.72. The SMILES string of the molecule is CCOC(=O)NS(=O)(=O)c1ccc(C)cc1-c1ccc(-n2c(N)nc(-c3ccccc3)c2-c2ccccc2)cc1. The second-order valence-corrected chi connectivity index (χ2v) is 10.8. The van der Waals surface area contributed by atoms with Crippen LogP contribution in [0.25, 0.3) is 39.3 Å². The molecule has 40 heavy (non-hydrogen) atoms. The second-order valence-electron chi connectivity index (χ2n) is 9.11. The van der Waals surface area contributed by atoms with E-state index in [1.165, 1.54) is 6.07 Å². The number of nitrogen functional groups attached to an aromatic ring is 1. The number of hydrogen-bond acceptors (Lipinski definition) is 6. The molecule has 5 rings (SSSR count). The highest BCUT2D eigenvalue weighted by atomic mass is 32.2. The van der Waals surface area contributed by atoms with E-state index < -0.39 is 16.1 Å². The fraction of sp³-hybridized carbons (Fsp3) is 0.0968. The highest BCUT2D eigenvalue weighted by molar-refractivity contribution is 7.90. The van der Waals surface area contributed by atoms with Crippen LogP contribution in [0.2, 0.25) is 0 Å². The number of hydrogen-bond donors (Lipinski definition) is 2. The summed E-state index contributed by atoms with van der Waals surface area (Å²) in [7, 11) is -4.18. The molecule has 1 heterocycles. The Kier molecular flexibility index (Phi) is 7.39. The number of amides is 1. The maximum absolute atomic E-state index is 13.1. The fourth-order valence-electron chi connectivity index (χ4n) is 4.58. The standard InChI is InChI=1S/C31H28N4O4S/c1-3-39-31(36)34-40(37,38)27-19-14-21(2)20-26(27)22-15-17-25(18-16-22)35-29(24-12-8-5-9-13-24)28(33-30(35)32)23-10-6-4-7-11-23/h4-20H,3H2,1-2H3,(H2,32,33)(H,34,36). The first-order chi connectivity index (χ1) is 19.3. The number of carbonyl (C=O) groups is 1. The quantitative estimate of drug-likeness (QED) is 0.248. The Hall–Kier alpha value is -4.89. The highest BCUT2D eigenvalue weighted by Crippen LogP contribution is 2.37. The number of rotatable bonds is 7. The van der Waals surface area contributed by atoms with Gasteiger partial charge >= 0.3 is 6.09 Å². The third-order valence-electron chi connectivity index (χ3n) is 6.35. The van der Waals surface area contributed by atoms with E-state index in [9.17, 15) is 13.2 Å². The van der Waals surface area contributed by atoms with E-state index in [2.05, 4.69) is 0 Å². The largest absolute Gasteiger partial charge is 0.449 e. The molecule has 0 fully saturated rings. The summed E-state index contributed by atoms with van der Waals surface area (Å²) in [5.41, 5.74) is 12.7. The Morgan fingerprint density at radius 2 is 1.50 bits per heavy atom. The molecule has 0 aliphatic carbocycles. The van der Waals surface area contributed by atoms with Gasteiger partial charge < -0.3 is 10.5 Å². The van der Waals surface area contributed by atoms with Crippen LogP contribution in [0.5, 0.6) is 0 Å². The topological polar surface area (TPSA) is 116 Å². The number of carbonyl (C=O) groups excluding carboxylic acids is 1. The normalized spacial score (nSPS) is 11.2. The fourth-order valence-corrected chi connectivity index (χ4v) is 5.68. The monoisotopic (exact) mass is 552 g/mol. The Morgan fingerprint density at radius 1 is 0.875 bits per heavy atom. The Morgan fingerprint density at radius 3 is 2.12 bits per heavy atom. The van der Waals surface area contributed by atoms with Crippen LogP contribution < -0.4 is 10.5 Å². The lowest BCUT2D eigenvalue weighted by molar-refractivity contribution is 0.158. The molecule has 0 radical (unpaired) electrons. The lowest BCUT2D eigenvalue weighted by atomic mass is 10.0. The van der Waals surface area contributed by atoms with Crippen LogP contribution in [0.3, 0.4) is 0 Å². The number of sulfonamides is 1. The Labute approximate surface area is 233 Å². The van der Waals surface area contributed by atoms with Crippen molar-refractivity contribution in [3.63, 3.8) is 0 Å². The van der Waals surface area contributed by atoms with Gasteiger partial charge in [0.2, 0.25) is 5.95 Å². The first-order valence-electron chi connectivity index (χ1n) is 12.7. The lowest BCUT2D eigenvalue weighted by Crippen LogP contribution is -2.31. The van der Waals surface area contributed by atoms with Gasteiger partial charge in [-0.3, -0.25) is 4.57 Å². The zero-order valence-electron chi connectivity index (χ0n) is 22.0. The molecule has 0 aliphatic rings. The number of anilines is 1. The summed E-state index contributed by atoms with van der Waals surface area (Å²) >= 11 is 0. The molecule has 5 aromatic rings. The molecule has 1 aromatic heterocycles. The molecule has 0 aliphatic heterocycles. The molecule has 9 heteroatoms. The van der Waals surface area contributed by atoms with E-state index >= 15 is 0 Å². The van der Waals surface area contributed by atoms with E-state index in [0.717, 1.165) is 33.8 Å². The summed E-state index contributed by atoms with van der Waals surface area (Å²) in [6, 6.07) is 32.1. The molecule has 4 aromatic carbocycles. The molecule has 0 saturated carbocycles. The Balaban J connectivity index is 1.61. The molecule has 0 atom stereocenters. The number of imidazole rings is 1. The molecular formula is C31H28N4O4S. The molecule has 0 unspecified atom stereocenters. The highest BCUT2D eigenvalue weighted by Gasteiger charge is 2.24. The molecule has 1 amide bonds. The summed E-state index contributed by atoms with van der Waals surface area (Å²) in [5.74, 6) is 0.322. The molecule has 3 N–H and O–H groups in total. The second kappa shape index (κ2) is 11.1. The van der Waals surface area contributed by atoms with Gasteiger partial charge in [0.05, 0.1) is 22.9 Å². The molecule has 0 saturated heterocycles. The zero-order valence-corrected chi connectivity index (χ0v) is 22.9. The van der Waals surface area contributed by atoms with Crippen molar-refractivity contribution in [1.82, 2.24) is 14.3 Å². The van der Waals surface area contributed by atoms with Gasteiger partial charge in [-0.25, -0.2) is 22.9 Å². The van der Waals surface area contributed by atoms with Gasteiger partial charge in [0, 0.05) is 22.4 Å². The molecular weight excluding hydrogens is 524 g/mol. The van der Waals surface area contributed by atoms with Gasteiger partial charge in [0.25, 0.3) is 10.0 Å². The van der Waals surface area contributed by atoms with E-state index in [1.807, 2.05) is 101 Å². The minimum absolute atomic E-state index is 0.0302. The van der Waals surface area contributed by atoms with E-state index in [4.69, 9.17) is 15.5 Å². The zero-order chi connectivity index (χ0) is 28.3. The van der Waals surface area contributed by atoms with E-state index in [1.54, 1.807) is 19.1 Å². The van der Waals surface area contributed by atoms with Crippen molar-refractivity contribution in [3.8, 4) is 39.3 Å². The van der Waals surface area contributed by atoms with Gasteiger partial charge in [-0.2, -0.15) is 0 Å². The molecule has 0 spiro atoms. The lowest BCUT2D eigenvalue weighted by Gasteiger charge is -2.15. The number of nitrogens with zero attached hydrogens (tertiary/aromatic N) is 2. The number of nitrogens with two attached hydrogens (primary N) is 1. The van der Waals surface area contributed by atoms with Gasteiger partial charge in [0.1, 0.15) is 0 Å². The van der Waals surface area contributed by atoms with Crippen molar-refractivity contribution in [1.29, 1.82) is 0 Å². The summed E-state index contributed by atoms with van der Waals surface area (Å²) in [5, 5.41) is 0. The minimum atomic E-state index is -4.18. The van der Waals surface area contributed by atoms with Crippen LogP contribution >= 0.6 is 0 Å². The van der Waals surface area contributed by atoms with Crippen molar-refractivity contribution in [2.45, 2.75) is 18.7 Å². The van der Waals surface area contributed by atoms with E-state index in [-0.39, 0.29) is 11.5 Å². The number of aromatic nitrogens is 2. The van der Waals surface area contributed by atoms with Gasteiger partial charge in [-0.15, -0.1) is 0 Å². The smallest absolute Gasteiger partial charge is 0.421 e. The van der Waals surface area contributed by atoms with Crippen LogP contribution in [0.1, 0.15) is 12.5 Å². The van der Waals surface area contributed by atoms with Crippen LogP contribution in [0.4, 0.5) is 10.7 Å². The van der Waals surface area contributed by atoms with Crippen molar-refractivity contribution < 1.29 is 17.9 Å².